The second-order valence-corrected chi connectivity index (χ2v) is 6.08. The third-order valence-electron chi connectivity index (χ3n) is 4.01. The van der Waals surface area contributed by atoms with Crippen LogP contribution in [0.2, 0.25) is 0 Å². The van der Waals surface area contributed by atoms with Gasteiger partial charge < -0.3 is 10.1 Å². The van der Waals surface area contributed by atoms with Crippen LogP contribution in [0.4, 0.5) is 0 Å². The molecule has 2 nitrogen and oxygen atoms in total. The maximum Gasteiger partial charge on any atom is 0.119 e. The summed E-state index contributed by atoms with van der Waals surface area (Å²) in [4.78, 5) is 0. The molecule has 1 aromatic carbocycles. The fourth-order valence-electron chi connectivity index (χ4n) is 2.91. The zero-order valence-electron chi connectivity index (χ0n) is 12.5. The van der Waals surface area contributed by atoms with E-state index in [4.69, 9.17) is 4.74 Å². The summed E-state index contributed by atoms with van der Waals surface area (Å²) in [6, 6.07) is 7.10. The molecule has 1 fully saturated rings. The summed E-state index contributed by atoms with van der Waals surface area (Å²) in [5, 5.41) is 3.62. The molecule has 1 aliphatic carbocycles. The van der Waals surface area contributed by atoms with Crippen LogP contribution >= 0.6 is 0 Å². The Morgan fingerprint density at radius 1 is 1.05 bits per heavy atom. The first-order valence-corrected chi connectivity index (χ1v) is 7.58. The van der Waals surface area contributed by atoms with Crippen LogP contribution < -0.4 is 10.1 Å². The monoisotopic (exact) mass is 261 g/mol. The Balaban J connectivity index is 1.66. The zero-order chi connectivity index (χ0) is 13.7. The lowest BCUT2D eigenvalue weighted by atomic mass is 9.87. The van der Waals surface area contributed by atoms with Gasteiger partial charge in [-0.05, 0) is 68.7 Å². The molecule has 0 unspecified atom stereocenters. The molecule has 0 aromatic heterocycles. The number of aryl methyl sites for hydroxylation is 2. The zero-order valence-corrected chi connectivity index (χ0v) is 12.5. The molecule has 0 aliphatic heterocycles. The summed E-state index contributed by atoms with van der Waals surface area (Å²) >= 11 is 0. The summed E-state index contributed by atoms with van der Waals surface area (Å²) in [6.07, 6.45) is 5.39. The molecule has 0 amide bonds. The first-order valence-electron chi connectivity index (χ1n) is 7.58. The van der Waals surface area contributed by atoms with Crippen molar-refractivity contribution in [2.45, 2.75) is 52.5 Å². The minimum absolute atomic E-state index is 0.707. The number of ether oxygens (including phenoxy) is 1. The van der Waals surface area contributed by atoms with Crippen molar-refractivity contribution in [1.82, 2.24) is 5.32 Å². The van der Waals surface area contributed by atoms with Gasteiger partial charge in [-0.3, -0.25) is 0 Å². The van der Waals surface area contributed by atoms with Crippen LogP contribution in [0.25, 0.3) is 0 Å². The summed E-state index contributed by atoms with van der Waals surface area (Å²) in [5.74, 6) is 1.92. The van der Waals surface area contributed by atoms with Crippen LogP contribution in [0.15, 0.2) is 18.2 Å². The van der Waals surface area contributed by atoms with E-state index in [1.54, 1.807) is 0 Å². The number of hydrogen-bond donors (Lipinski definition) is 1. The highest BCUT2D eigenvalue weighted by Gasteiger charge is 2.17. The van der Waals surface area contributed by atoms with Crippen LogP contribution in [0.1, 0.15) is 43.7 Å². The Hall–Kier alpha value is -1.02. The van der Waals surface area contributed by atoms with Crippen molar-refractivity contribution in [3.63, 3.8) is 0 Å². The van der Waals surface area contributed by atoms with E-state index in [1.807, 2.05) is 0 Å². The molecular weight excluding hydrogens is 234 g/mol. The molecule has 0 saturated heterocycles. The molecule has 19 heavy (non-hydrogen) atoms. The first kappa shape index (κ1) is 14.4. The second kappa shape index (κ2) is 6.95. The SMILES string of the molecule is Cc1cc(C)cc(OCCNC2CCC(C)CC2)c1. The molecule has 0 atom stereocenters. The lowest BCUT2D eigenvalue weighted by Crippen LogP contribution is -2.35. The minimum atomic E-state index is 0.707. The van der Waals surface area contributed by atoms with E-state index >= 15 is 0 Å². The standard InChI is InChI=1S/C17H27NO/c1-13-4-6-16(7-5-13)18-8-9-19-17-11-14(2)10-15(3)12-17/h10-13,16,18H,4-9H2,1-3H3. The Morgan fingerprint density at radius 2 is 1.68 bits per heavy atom. The van der Waals surface area contributed by atoms with Gasteiger partial charge in [0, 0.05) is 12.6 Å². The summed E-state index contributed by atoms with van der Waals surface area (Å²) in [6.45, 7) is 8.29. The molecule has 1 saturated carbocycles. The summed E-state index contributed by atoms with van der Waals surface area (Å²) in [5.41, 5.74) is 2.54. The van der Waals surface area contributed by atoms with Crippen LogP contribution in [-0.4, -0.2) is 19.2 Å². The average molecular weight is 261 g/mol. The maximum absolute atomic E-state index is 5.82. The molecule has 2 heteroatoms. The van der Waals surface area contributed by atoms with Gasteiger partial charge in [-0.15, -0.1) is 0 Å². The predicted octanol–water partition coefficient (Wildman–Crippen LogP) is 3.85. The summed E-state index contributed by atoms with van der Waals surface area (Å²) < 4.78 is 5.82. The maximum atomic E-state index is 5.82. The third-order valence-corrected chi connectivity index (χ3v) is 4.01. The largest absolute Gasteiger partial charge is 0.492 e. The molecule has 0 heterocycles. The molecule has 2 rings (SSSR count). The van der Waals surface area contributed by atoms with Crippen LogP contribution in [0, 0.1) is 19.8 Å². The fraction of sp³-hybridized carbons (Fsp3) is 0.647. The van der Waals surface area contributed by atoms with Gasteiger partial charge in [0.25, 0.3) is 0 Å². The van der Waals surface area contributed by atoms with Crippen molar-refractivity contribution in [2.24, 2.45) is 5.92 Å². The number of benzene rings is 1. The van der Waals surface area contributed by atoms with E-state index in [9.17, 15) is 0 Å². The van der Waals surface area contributed by atoms with Crippen LogP contribution in [0.5, 0.6) is 5.75 Å². The molecule has 0 bridgehead atoms. The third kappa shape index (κ3) is 4.87. The minimum Gasteiger partial charge on any atom is -0.492 e. The van der Waals surface area contributed by atoms with E-state index in [-0.39, 0.29) is 0 Å². The molecule has 1 N–H and O–H groups in total. The molecular formula is C17H27NO. The lowest BCUT2D eigenvalue weighted by Gasteiger charge is -2.27. The van der Waals surface area contributed by atoms with E-state index in [2.05, 4.69) is 44.3 Å². The van der Waals surface area contributed by atoms with Crippen LogP contribution in [-0.2, 0) is 0 Å². The van der Waals surface area contributed by atoms with Crippen molar-refractivity contribution in [1.29, 1.82) is 0 Å². The highest BCUT2D eigenvalue weighted by molar-refractivity contribution is 5.32. The smallest absolute Gasteiger partial charge is 0.119 e. The normalized spacial score (nSPS) is 23.3. The van der Waals surface area contributed by atoms with Gasteiger partial charge in [0.05, 0.1) is 0 Å². The van der Waals surface area contributed by atoms with E-state index in [0.29, 0.717) is 6.04 Å². The van der Waals surface area contributed by atoms with Crippen LogP contribution in [0.3, 0.4) is 0 Å². The van der Waals surface area contributed by atoms with E-state index < -0.39 is 0 Å². The number of hydrogen-bond acceptors (Lipinski definition) is 2. The van der Waals surface area contributed by atoms with E-state index in [0.717, 1.165) is 24.8 Å². The van der Waals surface area contributed by atoms with Gasteiger partial charge in [-0.25, -0.2) is 0 Å². The van der Waals surface area contributed by atoms with Gasteiger partial charge in [-0.2, -0.15) is 0 Å². The second-order valence-electron chi connectivity index (χ2n) is 6.08. The molecule has 0 radical (unpaired) electrons. The van der Waals surface area contributed by atoms with Gasteiger partial charge in [0.2, 0.25) is 0 Å². The highest BCUT2D eigenvalue weighted by Crippen LogP contribution is 2.23. The molecule has 1 aliphatic rings. The fourth-order valence-corrected chi connectivity index (χ4v) is 2.91. The summed E-state index contributed by atoms with van der Waals surface area (Å²) in [7, 11) is 0. The quantitative estimate of drug-likeness (QED) is 0.813. The highest BCUT2D eigenvalue weighted by atomic mass is 16.5. The Morgan fingerprint density at radius 3 is 2.32 bits per heavy atom. The van der Waals surface area contributed by atoms with Crippen molar-refractivity contribution in [2.75, 3.05) is 13.2 Å². The van der Waals surface area contributed by atoms with Crippen molar-refractivity contribution in [3.05, 3.63) is 29.3 Å². The predicted molar refractivity (Wildman–Crippen MR) is 80.8 cm³/mol. The van der Waals surface area contributed by atoms with Crippen molar-refractivity contribution in [3.8, 4) is 5.75 Å². The van der Waals surface area contributed by atoms with E-state index in [1.165, 1.54) is 36.8 Å². The van der Waals surface area contributed by atoms with Gasteiger partial charge in [0.15, 0.2) is 0 Å². The van der Waals surface area contributed by atoms with Crippen molar-refractivity contribution < 1.29 is 4.74 Å². The van der Waals surface area contributed by atoms with Crippen molar-refractivity contribution >= 4 is 0 Å². The Kier molecular flexibility index (Phi) is 5.26. The lowest BCUT2D eigenvalue weighted by molar-refractivity contribution is 0.270. The van der Waals surface area contributed by atoms with Gasteiger partial charge in [-0.1, -0.05) is 13.0 Å². The van der Waals surface area contributed by atoms with Gasteiger partial charge in [0.1, 0.15) is 12.4 Å². The molecule has 1 aromatic rings. The number of rotatable bonds is 5. The average Bonchev–Trinajstić information content (AvgIpc) is 2.36. The Labute approximate surface area is 117 Å². The number of nitrogens with one attached hydrogen (secondary N) is 1. The topological polar surface area (TPSA) is 21.3 Å². The first-order chi connectivity index (χ1) is 9.13. The molecule has 0 spiro atoms. The molecule has 106 valence electrons. The Bertz CT molecular complexity index is 374. The van der Waals surface area contributed by atoms with Gasteiger partial charge >= 0.3 is 0 Å².